The highest BCUT2D eigenvalue weighted by Crippen LogP contribution is 2.19. The van der Waals surface area contributed by atoms with Crippen molar-refractivity contribution < 1.29 is 4.92 Å². The van der Waals surface area contributed by atoms with E-state index in [4.69, 9.17) is 0 Å². The first-order valence-electron chi connectivity index (χ1n) is 6.39. The van der Waals surface area contributed by atoms with Crippen molar-refractivity contribution in [3.8, 4) is 11.4 Å². The molecule has 2 rings (SSSR count). The molecule has 106 valence electrons. The fourth-order valence-corrected chi connectivity index (χ4v) is 1.70. The maximum absolute atomic E-state index is 10.6. The number of aromatic nitrogens is 2. The number of imidazole rings is 1. The van der Waals surface area contributed by atoms with Crippen molar-refractivity contribution in [2.45, 2.75) is 32.9 Å². The van der Waals surface area contributed by atoms with Crippen molar-refractivity contribution in [1.29, 1.82) is 0 Å². The lowest BCUT2D eigenvalue weighted by Crippen LogP contribution is -2.35. The lowest BCUT2D eigenvalue weighted by molar-refractivity contribution is -0.384. The van der Waals surface area contributed by atoms with Gasteiger partial charge in [0.25, 0.3) is 5.69 Å². The lowest BCUT2D eigenvalue weighted by atomic mass is 10.1. The van der Waals surface area contributed by atoms with Gasteiger partial charge in [-0.15, -0.1) is 0 Å². The van der Waals surface area contributed by atoms with Gasteiger partial charge in [0.2, 0.25) is 0 Å². The van der Waals surface area contributed by atoms with Gasteiger partial charge in [0.05, 0.1) is 4.92 Å². The van der Waals surface area contributed by atoms with Crippen LogP contribution in [0, 0.1) is 10.1 Å². The average molecular weight is 274 g/mol. The molecule has 0 bridgehead atoms. The molecule has 0 unspecified atom stereocenters. The number of aromatic amines is 1. The van der Waals surface area contributed by atoms with E-state index in [1.807, 2.05) is 0 Å². The number of nitrogens with zero attached hydrogens (tertiary/aromatic N) is 2. The van der Waals surface area contributed by atoms with Crippen LogP contribution in [0.4, 0.5) is 5.69 Å². The van der Waals surface area contributed by atoms with Crippen molar-refractivity contribution in [3.63, 3.8) is 0 Å². The fourth-order valence-electron chi connectivity index (χ4n) is 1.70. The van der Waals surface area contributed by atoms with Gasteiger partial charge in [0.15, 0.2) is 0 Å². The molecule has 1 aromatic heterocycles. The molecule has 0 aliphatic rings. The van der Waals surface area contributed by atoms with Crippen LogP contribution in [0.2, 0.25) is 0 Å². The normalized spacial score (nSPS) is 11.6. The van der Waals surface area contributed by atoms with Crippen molar-refractivity contribution in [1.82, 2.24) is 15.3 Å². The maximum atomic E-state index is 10.6. The summed E-state index contributed by atoms with van der Waals surface area (Å²) in [6.07, 6.45) is 1.77. The number of H-pyrrole nitrogens is 1. The Balaban J connectivity index is 2.10. The van der Waals surface area contributed by atoms with E-state index in [0.29, 0.717) is 12.4 Å². The lowest BCUT2D eigenvalue weighted by Gasteiger charge is -2.19. The Hall–Kier alpha value is -2.21. The molecule has 0 aliphatic heterocycles. The number of hydrogen-bond acceptors (Lipinski definition) is 4. The largest absolute Gasteiger partial charge is 0.341 e. The quantitative estimate of drug-likeness (QED) is 0.663. The van der Waals surface area contributed by atoms with Gasteiger partial charge in [0, 0.05) is 41.7 Å². The third-order valence-electron chi connectivity index (χ3n) is 2.79. The Morgan fingerprint density at radius 1 is 1.30 bits per heavy atom. The summed E-state index contributed by atoms with van der Waals surface area (Å²) in [6.45, 7) is 6.99. The van der Waals surface area contributed by atoms with E-state index in [9.17, 15) is 10.1 Å². The van der Waals surface area contributed by atoms with Crippen LogP contribution >= 0.6 is 0 Å². The summed E-state index contributed by atoms with van der Waals surface area (Å²) in [7, 11) is 0. The SMILES string of the molecule is CC(C)(C)NCc1cnc(-c2ccc([N+](=O)[O-])cc2)[nH]1. The molecule has 0 saturated carbocycles. The summed E-state index contributed by atoms with van der Waals surface area (Å²) in [5, 5.41) is 14.0. The van der Waals surface area contributed by atoms with E-state index >= 15 is 0 Å². The first kappa shape index (κ1) is 14.2. The van der Waals surface area contributed by atoms with Crippen molar-refractivity contribution in [2.24, 2.45) is 0 Å². The zero-order valence-corrected chi connectivity index (χ0v) is 11.8. The van der Waals surface area contributed by atoms with E-state index < -0.39 is 4.92 Å². The van der Waals surface area contributed by atoms with Gasteiger partial charge in [-0.25, -0.2) is 4.98 Å². The Kier molecular flexibility index (Phi) is 3.85. The minimum atomic E-state index is -0.412. The van der Waals surface area contributed by atoms with Crippen molar-refractivity contribution in [2.75, 3.05) is 0 Å². The average Bonchev–Trinajstić information content (AvgIpc) is 2.84. The van der Waals surface area contributed by atoms with E-state index in [1.54, 1.807) is 18.3 Å². The van der Waals surface area contributed by atoms with Gasteiger partial charge in [-0.3, -0.25) is 10.1 Å². The summed E-state index contributed by atoms with van der Waals surface area (Å²) in [5.74, 6) is 0.714. The highest BCUT2D eigenvalue weighted by molar-refractivity contribution is 5.57. The number of non-ortho nitro benzene ring substituents is 1. The zero-order chi connectivity index (χ0) is 14.8. The summed E-state index contributed by atoms with van der Waals surface area (Å²) in [5.41, 5.74) is 1.93. The summed E-state index contributed by atoms with van der Waals surface area (Å²) in [6, 6.07) is 6.34. The third kappa shape index (κ3) is 3.64. The van der Waals surface area contributed by atoms with E-state index in [-0.39, 0.29) is 11.2 Å². The van der Waals surface area contributed by atoms with Crippen molar-refractivity contribution >= 4 is 5.69 Å². The van der Waals surface area contributed by atoms with Crippen LogP contribution < -0.4 is 5.32 Å². The predicted octanol–water partition coefficient (Wildman–Crippen LogP) is 2.87. The van der Waals surface area contributed by atoms with Gasteiger partial charge in [-0.2, -0.15) is 0 Å². The molecule has 0 saturated heterocycles. The van der Waals surface area contributed by atoms with Crippen LogP contribution in [0.15, 0.2) is 30.5 Å². The topological polar surface area (TPSA) is 83.8 Å². The monoisotopic (exact) mass is 274 g/mol. The second-order valence-electron chi connectivity index (χ2n) is 5.66. The van der Waals surface area contributed by atoms with Crippen LogP contribution in [0.5, 0.6) is 0 Å². The molecular formula is C14H18N4O2. The highest BCUT2D eigenvalue weighted by Gasteiger charge is 2.11. The predicted molar refractivity (Wildman–Crippen MR) is 77.3 cm³/mol. The smallest absolute Gasteiger partial charge is 0.269 e. The summed E-state index contributed by atoms with van der Waals surface area (Å²) < 4.78 is 0. The molecule has 0 radical (unpaired) electrons. The summed E-state index contributed by atoms with van der Waals surface area (Å²) in [4.78, 5) is 17.7. The molecule has 0 spiro atoms. The number of hydrogen-bond donors (Lipinski definition) is 2. The maximum Gasteiger partial charge on any atom is 0.269 e. The van der Waals surface area contributed by atoms with E-state index in [0.717, 1.165) is 11.3 Å². The highest BCUT2D eigenvalue weighted by atomic mass is 16.6. The standard InChI is InChI=1S/C14H18N4O2/c1-14(2,3)16-9-11-8-15-13(17-11)10-4-6-12(7-5-10)18(19)20/h4-8,16H,9H2,1-3H3,(H,15,17). The first-order valence-corrected chi connectivity index (χ1v) is 6.39. The molecule has 0 aliphatic carbocycles. The Bertz CT molecular complexity index is 596. The number of nitro benzene ring substituents is 1. The molecule has 1 heterocycles. The van der Waals surface area contributed by atoms with E-state index in [1.165, 1.54) is 12.1 Å². The van der Waals surface area contributed by atoms with E-state index in [2.05, 4.69) is 36.1 Å². The summed E-state index contributed by atoms with van der Waals surface area (Å²) >= 11 is 0. The molecule has 6 heteroatoms. The number of nitro groups is 1. The van der Waals surface area contributed by atoms with Crippen LogP contribution in [0.3, 0.4) is 0 Å². The van der Waals surface area contributed by atoms with Crippen LogP contribution in [0.25, 0.3) is 11.4 Å². The molecule has 1 aromatic carbocycles. The van der Waals surface area contributed by atoms with Gasteiger partial charge >= 0.3 is 0 Å². The molecular weight excluding hydrogens is 256 g/mol. The second kappa shape index (κ2) is 5.42. The third-order valence-corrected chi connectivity index (χ3v) is 2.79. The van der Waals surface area contributed by atoms with Gasteiger partial charge in [-0.05, 0) is 32.9 Å². The molecule has 0 amide bonds. The van der Waals surface area contributed by atoms with Crippen LogP contribution in [-0.2, 0) is 6.54 Å². The Labute approximate surface area is 117 Å². The molecule has 6 nitrogen and oxygen atoms in total. The van der Waals surface area contributed by atoms with Crippen molar-refractivity contribution in [3.05, 3.63) is 46.3 Å². The minimum absolute atomic E-state index is 0.0403. The first-order chi connectivity index (χ1) is 9.35. The van der Waals surface area contributed by atoms with Gasteiger partial charge in [-0.1, -0.05) is 0 Å². The Morgan fingerprint density at radius 3 is 2.50 bits per heavy atom. The number of nitrogens with one attached hydrogen (secondary N) is 2. The second-order valence-corrected chi connectivity index (χ2v) is 5.66. The molecule has 0 fully saturated rings. The number of rotatable bonds is 4. The number of benzene rings is 1. The molecule has 2 N–H and O–H groups in total. The molecule has 20 heavy (non-hydrogen) atoms. The van der Waals surface area contributed by atoms with Crippen LogP contribution in [-0.4, -0.2) is 20.4 Å². The van der Waals surface area contributed by atoms with Crippen LogP contribution in [0.1, 0.15) is 26.5 Å². The molecule has 0 atom stereocenters. The van der Waals surface area contributed by atoms with Gasteiger partial charge in [0.1, 0.15) is 5.82 Å². The minimum Gasteiger partial charge on any atom is -0.341 e. The molecule has 2 aromatic rings. The zero-order valence-electron chi connectivity index (χ0n) is 11.8. The van der Waals surface area contributed by atoms with Gasteiger partial charge < -0.3 is 10.3 Å². The Morgan fingerprint density at radius 2 is 1.95 bits per heavy atom. The fraction of sp³-hybridized carbons (Fsp3) is 0.357.